The van der Waals surface area contributed by atoms with Gasteiger partial charge in [0.2, 0.25) is 5.91 Å². The Morgan fingerprint density at radius 3 is 2.40 bits per heavy atom. The van der Waals surface area contributed by atoms with Crippen LogP contribution in [0.4, 0.5) is 0 Å². The van der Waals surface area contributed by atoms with Crippen LogP contribution >= 0.6 is 0 Å². The van der Waals surface area contributed by atoms with Gasteiger partial charge < -0.3 is 19.6 Å². The van der Waals surface area contributed by atoms with Gasteiger partial charge in [-0.2, -0.15) is 0 Å². The van der Waals surface area contributed by atoms with Crippen molar-refractivity contribution in [2.24, 2.45) is 23.7 Å². The van der Waals surface area contributed by atoms with Crippen molar-refractivity contribution < 1.29 is 19.1 Å². The predicted octanol–water partition coefficient (Wildman–Crippen LogP) is 0.698. The first kappa shape index (κ1) is 13.2. The Balaban J connectivity index is 1.70. The maximum atomic E-state index is 12.4. The zero-order chi connectivity index (χ0) is 14.1. The van der Waals surface area contributed by atoms with Crippen molar-refractivity contribution in [3.63, 3.8) is 0 Å². The fraction of sp³-hybridized carbons (Fsp3) is 0.600. The second-order valence-electron chi connectivity index (χ2n) is 5.84. The summed E-state index contributed by atoms with van der Waals surface area (Å²) in [7, 11) is 0. The molecule has 0 spiro atoms. The fourth-order valence-corrected chi connectivity index (χ4v) is 3.87. The number of aliphatic carboxylic acids is 1. The van der Waals surface area contributed by atoms with Crippen molar-refractivity contribution in [1.29, 1.82) is 0 Å². The van der Waals surface area contributed by atoms with Crippen LogP contribution in [-0.4, -0.2) is 11.9 Å². The summed E-state index contributed by atoms with van der Waals surface area (Å²) in [4.78, 5) is 23.7. The number of fused-ring (bicyclic) bond motifs is 3. The molecule has 1 aromatic heterocycles. The van der Waals surface area contributed by atoms with Gasteiger partial charge in [0.1, 0.15) is 5.76 Å². The lowest BCUT2D eigenvalue weighted by molar-refractivity contribution is -0.318. The number of hydrogen-bond donors (Lipinski definition) is 1. The third-order valence-electron chi connectivity index (χ3n) is 4.81. The number of carboxylic acid groups (broad SMARTS) is 1. The number of furan rings is 1. The van der Waals surface area contributed by atoms with Crippen molar-refractivity contribution in [2.75, 3.05) is 0 Å². The molecule has 0 aromatic carbocycles. The Morgan fingerprint density at radius 2 is 1.85 bits per heavy atom. The number of carbonyl (C=O) groups is 2. The highest BCUT2D eigenvalue weighted by Gasteiger charge is 2.47. The summed E-state index contributed by atoms with van der Waals surface area (Å²) in [6.45, 7) is 0.305. The molecule has 1 aromatic rings. The van der Waals surface area contributed by atoms with Crippen molar-refractivity contribution >= 4 is 11.9 Å². The quantitative estimate of drug-likeness (QED) is 0.877. The van der Waals surface area contributed by atoms with E-state index in [1.807, 2.05) is 0 Å². The Bertz CT molecular complexity index is 488. The van der Waals surface area contributed by atoms with Crippen molar-refractivity contribution in [2.45, 2.75) is 32.2 Å². The molecule has 3 aliphatic rings. The summed E-state index contributed by atoms with van der Waals surface area (Å²) in [5.41, 5.74) is 0. The van der Waals surface area contributed by atoms with E-state index < -0.39 is 17.8 Å². The van der Waals surface area contributed by atoms with Crippen LogP contribution in [-0.2, 0) is 16.1 Å². The van der Waals surface area contributed by atoms with Gasteiger partial charge in [0.05, 0.1) is 12.8 Å². The molecule has 3 aliphatic carbocycles. The largest absolute Gasteiger partial charge is 0.550 e. The van der Waals surface area contributed by atoms with Gasteiger partial charge in [0.25, 0.3) is 0 Å². The smallest absolute Gasteiger partial charge is 0.224 e. The molecular weight excluding hydrogens is 258 g/mol. The molecule has 2 atom stereocenters. The maximum absolute atomic E-state index is 12.4. The van der Waals surface area contributed by atoms with Gasteiger partial charge in [-0.25, -0.2) is 0 Å². The molecule has 20 heavy (non-hydrogen) atoms. The van der Waals surface area contributed by atoms with Crippen molar-refractivity contribution in [3.8, 4) is 0 Å². The lowest BCUT2D eigenvalue weighted by Crippen LogP contribution is -2.54. The second kappa shape index (κ2) is 5.31. The first-order valence-electron chi connectivity index (χ1n) is 7.17. The molecule has 1 heterocycles. The Hall–Kier alpha value is -1.78. The van der Waals surface area contributed by atoms with Gasteiger partial charge in [-0.1, -0.05) is 0 Å². The molecule has 108 valence electrons. The summed E-state index contributed by atoms with van der Waals surface area (Å²) in [6, 6.07) is 3.54. The number of rotatable bonds is 4. The van der Waals surface area contributed by atoms with Crippen molar-refractivity contribution in [3.05, 3.63) is 24.2 Å². The summed E-state index contributed by atoms with van der Waals surface area (Å²) < 4.78 is 5.16. The van der Waals surface area contributed by atoms with E-state index in [-0.39, 0.29) is 17.7 Å². The summed E-state index contributed by atoms with van der Waals surface area (Å²) >= 11 is 0. The van der Waals surface area contributed by atoms with Crippen LogP contribution in [0.25, 0.3) is 0 Å². The van der Waals surface area contributed by atoms with E-state index in [1.165, 1.54) is 0 Å². The van der Waals surface area contributed by atoms with Gasteiger partial charge in [-0.15, -0.1) is 0 Å². The third-order valence-corrected chi connectivity index (χ3v) is 4.81. The molecule has 0 unspecified atom stereocenters. The van der Waals surface area contributed by atoms with Crippen LogP contribution < -0.4 is 10.4 Å². The maximum Gasteiger partial charge on any atom is 0.224 e. The van der Waals surface area contributed by atoms with Gasteiger partial charge in [-0.05, 0) is 49.7 Å². The van der Waals surface area contributed by atoms with E-state index in [2.05, 4.69) is 5.32 Å². The molecule has 0 radical (unpaired) electrons. The van der Waals surface area contributed by atoms with E-state index in [0.717, 1.165) is 25.7 Å². The van der Waals surface area contributed by atoms with Crippen LogP contribution in [0.1, 0.15) is 31.4 Å². The SMILES string of the molecule is O=C(NCc1ccco1)[C@@H]1C2CCC(CC2)[C@@H]1C(=O)[O-]. The Labute approximate surface area is 117 Å². The van der Waals surface area contributed by atoms with E-state index in [1.54, 1.807) is 18.4 Å². The minimum atomic E-state index is -1.07. The minimum Gasteiger partial charge on any atom is -0.550 e. The lowest BCUT2D eigenvalue weighted by Gasteiger charge is -2.48. The molecule has 0 aliphatic heterocycles. The molecule has 5 nitrogen and oxygen atoms in total. The first-order chi connectivity index (χ1) is 9.66. The van der Waals surface area contributed by atoms with Gasteiger partial charge >= 0.3 is 0 Å². The summed E-state index contributed by atoms with van der Waals surface area (Å²) in [5, 5.41) is 14.2. The molecule has 1 amide bonds. The van der Waals surface area contributed by atoms with Crippen LogP contribution in [0.2, 0.25) is 0 Å². The van der Waals surface area contributed by atoms with E-state index in [9.17, 15) is 14.7 Å². The monoisotopic (exact) mass is 276 g/mol. The van der Waals surface area contributed by atoms with E-state index in [4.69, 9.17) is 4.42 Å². The third kappa shape index (κ3) is 2.32. The van der Waals surface area contributed by atoms with E-state index in [0.29, 0.717) is 12.3 Å². The molecular formula is C15H18NO4-. The average molecular weight is 276 g/mol. The number of carbonyl (C=O) groups excluding carboxylic acids is 2. The highest BCUT2D eigenvalue weighted by Crippen LogP contribution is 2.48. The van der Waals surface area contributed by atoms with Gasteiger partial charge in [0.15, 0.2) is 0 Å². The number of nitrogens with one attached hydrogen (secondary N) is 1. The highest BCUT2D eigenvalue weighted by atomic mass is 16.4. The van der Waals surface area contributed by atoms with Crippen LogP contribution in [0.5, 0.6) is 0 Å². The van der Waals surface area contributed by atoms with Gasteiger partial charge in [-0.3, -0.25) is 4.79 Å². The number of amides is 1. The van der Waals surface area contributed by atoms with Crippen LogP contribution in [0.3, 0.4) is 0 Å². The summed E-state index contributed by atoms with van der Waals surface area (Å²) in [5.74, 6) is -1.36. The minimum absolute atomic E-state index is 0.101. The highest BCUT2D eigenvalue weighted by molar-refractivity contribution is 5.85. The zero-order valence-electron chi connectivity index (χ0n) is 11.2. The predicted molar refractivity (Wildman–Crippen MR) is 68.0 cm³/mol. The normalized spacial score (nSPS) is 32.0. The molecule has 4 rings (SSSR count). The number of hydrogen-bond acceptors (Lipinski definition) is 4. The molecule has 5 heteroatoms. The molecule has 2 bridgehead atoms. The van der Waals surface area contributed by atoms with Gasteiger partial charge in [0, 0.05) is 17.8 Å². The number of carboxylic acids is 1. The van der Waals surface area contributed by atoms with Crippen LogP contribution in [0, 0.1) is 23.7 Å². The Kier molecular flexibility index (Phi) is 3.51. The second-order valence-corrected chi connectivity index (χ2v) is 5.84. The zero-order valence-corrected chi connectivity index (χ0v) is 11.2. The topological polar surface area (TPSA) is 82.4 Å². The molecule has 0 saturated heterocycles. The lowest BCUT2D eigenvalue weighted by atomic mass is 9.58. The molecule has 1 N–H and O–H groups in total. The standard InChI is InChI=1S/C15H19NO4/c17-14(16-8-11-2-1-7-20-11)12-9-3-5-10(6-4-9)13(12)15(18)19/h1-2,7,9-10,12-13H,3-6,8H2,(H,16,17)(H,18,19)/p-1/t9?,10?,12-,13+/m1/s1. The Morgan fingerprint density at radius 1 is 1.20 bits per heavy atom. The van der Waals surface area contributed by atoms with Crippen LogP contribution in [0.15, 0.2) is 22.8 Å². The first-order valence-corrected chi connectivity index (χ1v) is 7.17. The van der Waals surface area contributed by atoms with Crippen molar-refractivity contribution in [1.82, 2.24) is 5.32 Å². The average Bonchev–Trinajstić information content (AvgIpc) is 2.98. The van der Waals surface area contributed by atoms with E-state index >= 15 is 0 Å². The summed E-state index contributed by atoms with van der Waals surface area (Å²) in [6.07, 6.45) is 5.27. The molecule has 3 fully saturated rings. The molecule has 3 saturated carbocycles. The fourth-order valence-electron chi connectivity index (χ4n) is 3.87.